The molecule has 0 aromatic carbocycles. The number of aromatic nitrogens is 3. The highest BCUT2D eigenvalue weighted by molar-refractivity contribution is 5.92. The molecule has 0 saturated carbocycles. The van der Waals surface area contributed by atoms with Crippen LogP contribution in [-0.4, -0.2) is 45.0 Å². The molecule has 1 amide bonds. The fraction of sp³-hybridized carbons (Fsp3) is 0.400. The maximum absolute atomic E-state index is 12.5. The van der Waals surface area contributed by atoms with Crippen molar-refractivity contribution in [2.75, 3.05) is 19.7 Å². The van der Waals surface area contributed by atoms with Crippen LogP contribution in [0.25, 0.3) is 0 Å². The van der Waals surface area contributed by atoms with E-state index in [9.17, 15) is 9.59 Å². The highest BCUT2D eigenvalue weighted by atomic mass is 16.5. The van der Waals surface area contributed by atoms with E-state index in [1.54, 1.807) is 22.5 Å². The summed E-state index contributed by atoms with van der Waals surface area (Å²) in [5.41, 5.74) is 1.05. The Kier molecular flexibility index (Phi) is 3.81. The summed E-state index contributed by atoms with van der Waals surface area (Å²) in [5.74, 6) is 0.421. The van der Waals surface area contributed by atoms with E-state index in [0.717, 1.165) is 0 Å². The van der Waals surface area contributed by atoms with E-state index in [2.05, 4.69) is 9.97 Å². The highest BCUT2D eigenvalue weighted by Gasteiger charge is 2.28. The first-order valence-corrected chi connectivity index (χ1v) is 7.14. The first-order chi connectivity index (χ1) is 10.5. The second kappa shape index (κ2) is 5.76. The lowest BCUT2D eigenvalue weighted by molar-refractivity contribution is -0.0272. The molecule has 2 aromatic rings. The zero-order valence-corrected chi connectivity index (χ0v) is 12.6. The van der Waals surface area contributed by atoms with Crippen LogP contribution in [-0.2, 0) is 11.8 Å². The second-order valence-electron chi connectivity index (χ2n) is 5.39. The van der Waals surface area contributed by atoms with Gasteiger partial charge in [0.05, 0.1) is 13.2 Å². The van der Waals surface area contributed by atoms with Gasteiger partial charge in [0.25, 0.3) is 11.5 Å². The third kappa shape index (κ3) is 2.80. The number of carbonyl (C=O) groups excluding carboxylic acids is 1. The van der Waals surface area contributed by atoms with Crippen LogP contribution >= 0.6 is 0 Å². The van der Waals surface area contributed by atoms with Crippen LogP contribution in [0.1, 0.15) is 28.1 Å². The largest absolute Gasteiger partial charge is 0.367 e. The van der Waals surface area contributed by atoms with Gasteiger partial charge in [-0.1, -0.05) is 0 Å². The first-order valence-electron chi connectivity index (χ1n) is 7.14. The van der Waals surface area contributed by atoms with Crippen molar-refractivity contribution in [2.45, 2.75) is 13.0 Å². The molecule has 1 atom stereocenters. The number of hydrogen-bond donors (Lipinski definition) is 1. The van der Waals surface area contributed by atoms with E-state index in [0.29, 0.717) is 36.9 Å². The lowest BCUT2D eigenvalue weighted by Crippen LogP contribution is -2.43. The van der Waals surface area contributed by atoms with Crippen molar-refractivity contribution in [1.82, 2.24) is 19.4 Å². The van der Waals surface area contributed by atoms with Crippen LogP contribution in [0.15, 0.2) is 29.2 Å². The summed E-state index contributed by atoms with van der Waals surface area (Å²) < 4.78 is 7.46. The number of nitrogens with one attached hydrogen (secondary N) is 1. The van der Waals surface area contributed by atoms with Crippen molar-refractivity contribution in [3.05, 3.63) is 52.0 Å². The molecule has 22 heavy (non-hydrogen) atoms. The molecule has 0 unspecified atom stereocenters. The quantitative estimate of drug-likeness (QED) is 0.882. The first kappa shape index (κ1) is 14.5. The zero-order chi connectivity index (χ0) is 15.7. The Balaban J connectivity index is 1.81. The molecular weight excluding hydrogens is 284 g/mol. The Morgan fingerprint density at radius 2 is 2.32 bits per heavy atom. The number of H-pyrrole nitrogens is 1. The number of ether oxygens (including phenoxy) is 1. The molecule has 0 bridgehead atoms. The molecule has 3 rings (SSSR count). The third-order valence-electron chi connectivity index (χ3n) is 3.71. The molecule has 0 radical (unpaired) electrons. The number of nitrogens with zero attached hydrogens (tertiary/aromatic N) is 3. The van der Waals surface area contributed by atoms with Gasteiger partial charge in [-0.2, -0.15) is 0 Å². The molecule has 1 fully saturated rings. The number of hydrogen-bond acceptors (Lipinski definition) is 4. The average molecular weight is 302 g/mol. The standard InChI is InChI=1S/C15H18N4O3/c1-10-8-13(20)17-14(16-10)12-9-19(6-7-22-12)15(21)11-4-3-5-18(11)2/h3-5,8,12H,6-7,9H2,1-2H3,(H,16,17,20)/t12-/m0/s1. The summed E-state index contributed by atoms with van der Waals surface area (Å²) in [5, 5.41) is 0. The van der Waals surface area contributed by atoms with Crippen molar-refractivity contribution >= 4 is 5.91 Å². The van der Waals surface area contributed by atoms with Gasteiger partial charge in [-0.05, 0) is 19.1 Å². The molecule has 1 saturated heterocycles. The van der Waals surface area contributed by atoms with Gasteiger partial charge >= 0.3 is 0 Å². The molecule has 2 aromatic heterocycles. The summed E-state index contributed by atoms with van der Waals surface area (Å²) in [7, 11) is 1.84. The summed E-state index contributed by atoms with van der Waals surface area (Å²) in [6.07, 6.45) is 1.43. The maximum Gasteiger partial charge on any atom is 0.270 e. The van der Waals surface area contributed by atoms with E-state index in [1.807, 2.05) is 19.3 Å². The summed E-state index contributed by atoms with van der Waals surface area (Å²) in [4.78, 5) is 32.8. The molecule has 7 nitrogen and oxygen atoms in total. The monoisotopic (exact) mass is 302 g/mol. The Morgan fingerprint density at radius 3 is 3.00 bits per heavy atom. The van der Waals surface area contributed by atoms with E-state index < -0.39 is 6.10 Å². The summed E-state index contributed by atoms with van der Waals surface area (Å²) in [6.45, 7) is 3.07. The Hall–Kier alpha value is -2.41. The molecule has 1 N–H and O–H groups in total. The molecule has 0 spiro atoms. The van der Waals surface area contributed by atoms with Crippen molar-refractivity contribution in [3.63, 3.8) is 0 Å². The van der Waals surface area contributed by atoms with E-state index in [1.165, 1.54) is 6.07 Å². The van der Waals surface area contributed by atoms with Gasteiger partial charge in [0.1, 0.15) is 17.6 Å². The van der Waals surface area contributed by atoms with E-state index in [-0.39, 0.29) is 11.5 Å². The number of rotatable bonds is 2. The lowest BCUT2D eigenvalue weighted by atomic mass is 10.2. The number of morpholine rings is 1. The minimum Gasteiger partial charge on any atom is -0.367 e. The van der Waals surface area contributed by atoms with Crippen molar-refractivity contribution in [2.24, 2.45) is 7.05 Å². The van der Waals surface area contributed by atoms with Gasteiger partial charge in [-0.25, -0.2) is 4.98 Å². The Morgan fingerprint density at radius 1 is 1.50 bits per heavy atom. The van der Waals surface area contributed by atoms with E-state index in [4.69, 9.17) is 4.74 Å². The third-order valence-corrected chi connectivity index (χ3v) is 3.71. The Bertz CT molecular complexity index is 749. The maximum atomic E-state index is 12.5. The SMILES string of the molecule is Cc1cc(=O)[nH]c([C@@H]2CN(C(=O)c3cccn3C)CCO2)n1. The van der Waals surface area contributed by atoms with Crippen LogP contribution in [0, 0.1) is 6.92 Å². The van der Waals surface area contributed by atoms with Gasteiger partial charge < -0.3 is 19.2 Å². The van der Waals surface area contributed by atoms with Crippen LogP contribution in [0.3, 0.4) is 0 Å². The zero-order valence-electron chi connectivity index (χ0n) is 12.6. The number of carbonyl (C=O) groups is 1. The number of aromatic amines is 1. The van der Waals surface area contributed by atoms with E-state index >= 15 is 0 Å². The summed E-state index contributed by atoms with van der Waals surface area (Å²) in [6, 6.07) is 5.06. The van der Waals surface area contributed by atoms with Crippen molar-refractivity contribution in [1.29, 1.82) is 0 Å². The minimum absolute atomic E-state index is 0.0456. The average Bonchev–Trinajstić information content (AvgIpc) is 2.92. The molecule has 0 aliphatic carbocycles. The van der Waals surface area contributed by atoms with Gasteiger partial charge in [-0.15, -0.1) is 0 Å². The van der Waals surface area contributed by atoms with Crippen LogP contribution < -0.4 is 5.56 Å². The molecule has 1 aliphatic heterocycles. The second-order valence-corrected chi connectivity index (χ2v) is 5.39. The minimum atomic E-state index is -0.412. The fourth-order valence-corrected chi connectivity index (χ4v) is 2.60. The topological polar surface area (TPSA) is 80.2 Å². The van der Waals surface area contributed by atoms with Gasteiger partial charge in [0, 0.05) is 31.5 Å². The van der Waals surface area contributed by atoms with Crippen molar-refractivity contribution in [3.8, 4) is 0 Å². The highest BCUT2D eigenvalue weighted by Crippen LogP contribution is 2.20. The van der Waals surface area contributed by atoms with Crippen LogP contribution in [0.4, 0.5) is 0 Å². The number of aryl methyl sites for hydroxylation is 2. The molecule has 3 heterocycles. The van der Waals surface area contributed by atoms with Crippen LogP contribution in [0.2, 0.25) is 0 Å². The smallest absolute Gasteiger partial charge is 0.270 e. The molecule has 7 heteroatoms. The van der Waals surface area contributed by atoms with Gasteiger partial charge in [0.15, 0.2) is 0 Å². The predicted octanol–water partition coefficient (Wildman–Crippen LogP) is 0.631. The van der Waals surface area contributed by atoms with Gasteiger partial charge in [-0.3, -0.25) is 9.59 Å². The van der Waals surface area contributed by atoms with Crippen LogP contribution in [0.5, 0.6) is 0 Å². The summed E-state index contributed by atoms with van der Waals surface area (Å²) >= 11 is 0. The molecular formula is C15H18N4O3. The Labute approximate surface area is 127 Å². The number of amides is 1. The molecule has 1 aliphatic rings. The lowest BCUT2D eigenvalue weighted by Gasteiger charge is -2.32. The fourth-order valence-electron chi connectivity index (χ4n) is 2.60. The predicted molar refractivity (Wildman–Crippen MR) is 79.6 cm³/mol. The van der Waals surface area contributed by atoms with Crippen molar-refractivity contribution < 1.29 is 9.53 Å². The molecule has 116 valence electrons. The van der Waals surface area contributed by atoms with Gasteiger partial charge in [0.2, 0.25) is 0 Å². The normalized spacial score (nSPS) is 18.5.